The maximum atomic E-state index is 7.26. The molecule has 1 heterocycles. The summed E-state index contributed by atoms with van der Waals surface area (Å²) in [4.78, 5) is 0. The molecular formula is C10H14Cl3NO3. The molecule has 1 aliphatic rings. The van der Waals surface area contributed by atoms with Crippen molar-refractivity contribution < 1.29 is 14.2 Å². The van der Waals surface area contributed by atoms with Crippen LogP contribution in [0, 0.1) is 5.41 Å². The van der Waals surface area contributed by atoms with E-state index in [9.17, 15) is 0 Å². The lowest BCUT2D eigenvalue weighted by Crippen LogP contribution is -2.21. The van der Waals surface area contributed by atoms with E-state index in [1.165, 1.54) is 0 Å². The summed E-state index contributed by atoms with van der Waals surface area (Å²) in [5, 5.41) is 7.26. The monoisotopic (exact) mass is 301 g/mol. The summed E-state index contributed by atoms with van der Waals surface area (Å²) in [5.74, 6) is -0.380. The van der Waals surface area contributed by atoms with Crippen molar-refractivity contribution in [1.82, 2.24) is 0 Å². The number of alkyl halides is 3. The fraction of sp³-hybridized carbons (Fsp3) is 0.700. The van der Waals surface area contributed by atoms with Crippen molar-refractivity contribution >= 4 is 40.7 Å². The van der Waals surface area contributed by atoms with E-state index in [0.29, 0.717) is 13.2 Å². The maximum Gasteiger partial charge on any atom is 0.265 e. The van der Waals surface area contributed by atoms with E-state index < -0.39 is 3.79 Å². The minimum Gasteiger partial charge on any atom is -0.474 e. The molecule has 0 amide bonds. The molecule has 0 aromatic heterocycles. The summed E-state index contributed by atoms with van der Waals surface area (Å²) in [6.45, 7) is 1.54. The first-order valence-electron chi connectivity index (χ1n) is 5.17. The van der Waals surface area contributed by atoms with Crippen LogP contribution >= 0.6 is 34.8 Å². The van der Waals surface area contributed by atoms with Gasteiger partial charge in [-0.05, 0) is 6.42 Å². The van der Waals surface area contributed by atoms with Gasteiger partial charge in [0, 0.05) is 6.42 Å². The summed E-state index contributed by atoms with van der Waals surface area (Å²) in [5.41, 5.74) is 0. The number of ether oxygens (including phenoxy) is 3. The third-order valence-electron chi connectivity index (χ3n) is 2.01. The number of nitrogens with one attached hydrogen (secondary N) is 1. The number of allylic oxidation sites excluding steroid dienone is 1. The summed E-state index contributed by atoms with van der Waals surface area (Å²) >= 11 is 16.3. The predicted molar refractivity (Wildman–Crippen MR) is 68.0 cm³/mol. The summed E-state index contributed by atoms with van der Waals surface area (Å²) in [7, 11) is 0. The third kappa shape index (κ3) is 6.48. The van der Waals surface area contributed by atoms with Crippen LogP contribution < -0.4 is 0 Å². The predicted octanol–water partition coefficient (Wildman–Crippen LogP) is 3.06. The van der Waals surface area contributed by atoms with Gasteiger partial charge in [-0.3, -0.25) is 5.41 Å². The number of halogens is 3. The van der Waals surface area contributed by atoms with E-state index in [1.54, 1.807) is 6.08 Å². The smallest absolute Gasteiger partial charge is 0.265 e. The molecule has 0 radical (unpaired) electrons. The highest BCUT2D eigenvalue weighted by Crippen LogP contribution is 2.27. The minimum atomic E-state index is -1.79. The molecule has 0 aromatic rings. The van der Waals surface area contributed by atoms with E-state index in [1.807, 2.05) is 6.08 Å². The van der Waals surface area contributed by atoms with Crippen LogP contribution in [-0.4, -0.2) is 35.8 Å². The maximum absolute atomic E-state index is 7.26. The molecule has 0 saturated carbocycles. The molecule has 17 heavy (non-hydrogen) atoms. The molecule has 1 saturated heterocycles. The van der Waals surface area contributed by atoms with Crippen LogP contribution in [-0.2, 0) is 14.2 Å². The Labute approximate surface area is 115 Å². The van der Waals surface area contributed by atoms with E-state index in [0.717, 1.165) is 12.8 Å². The van der Waals surface area contributed by atoms with Crippen molar-refractivity contribution in [3.8, 4) is 0 Å². The van der Waals surface area contributed by atoms with Gasteiger partial charge in [-0.2, -0.15) is 0 Å². The lowest BCUT2D eigenvalue weighted by atomic mass is 10.3. The van der Waals surface area contributed by atoms with Crippen molar-refractivity contribution in [2.45, 2.75) is 22.9 Å². The Morgan fingerprint density at radius 1 is 1.29 bits per heavy atom. The number of hydrogen-bond acceptors (Lipinski definition) is 4. The Balaban J connectivity index is 2.04. The third-order valence-corrected chi connectivity index (χ3v) is 2.52. The zero-order chi connectivity index (χ0) is 12.7. The molecule has 1 N–H and O–H groups in total. The molecule has 0 aliphatic carbocycles. The van der Waals surface area contributed by atoms with E-state index in [4.69, 9.17) is 54.4 Å². The van der Waals surface area contributed by atoms with E-state index >= 15 is 0 Å². The van der Waals surface area contributed by atoms with Crippen molar-refractivity contribution in [2.75, 3.05) is 19.8 Å². The Morgan fingerprint density at radius 2 is 1.94 bits per heavy atom. The quantitative estimate of drug-likeness (QED) is 0.367. The molecule has 7 heteroatoms. The average molecular weight is 303 g/mol. The van der Waals surface area contributed by atoms with Gasteiger partial charge < -0.3 is 14.2 Å². The first kappa shape index (κ1) is 15.1. The minimum absolute atomic E-state index is 0.0972. The molecule has 0 unspecified atom stereocenters. The topological polar surface area (TPSA) is 51.5 Å². The molecule has 0 aromatic carbocycles. The molecular weight excluding hydrogens is 288 g/mol. The SMILES string of the molecule is N=C(OC/C=C/CCC1OCCO1)C(Cl)(Cl)Cl. The van der Waals surface area contributed by atoms with Gasteiger partial charge in [0.1, 0.15) is 6.61 Å². The fourth-order valence-corrected chi connectivity index (χ4v) is 1.37. The van der Waals surface area contributed by atoms with Crippen LogP contribution in [0.5, 0.6) is 0 Å². The Kier molecular flexibility index (Phi) is 6.59. The molecule has 1 aliphatic heterocycles. The molecule has 0 bridgehead atoms. The van der Waals surface area contributed by atoms with E-state index in [-0.39, 0.29) is 18.8 Å². The highest BCUT2D eigenvalue weighted by molar-refractivity contribution is 6.76. The van der Waals surface area contributed by atoms with Crippen molar-refractivity contribution in [2.24, 2.45) is 0 Å². The van der Waals surface area contributed by atoms with Crippen LogP contribution in [0.4, 0.5) is 0 Å². The van der Waals surface area contributed by atoms with Gasteiger partial charge in [-0.1, -0.05) is 47.0 Å². The molecule has 98 valence electrons. The van der Waals surface area contributed by atoms with Crippen molar-refractivity contribution in [1.29, 1.82) is 5.41 Å². The van der Waals surface area contributed by atoms with Crippen LogP contribution in [0.15, 0.2) is 12.2 Å². The van der Waals surface area contributed by atoms with Crippen LogP contribution in [0.25, 0.3) is 0 Å². The van der Waals surface area contributed by atoms with Gasteiger partial charge >= 0.3 is 0 Å². The zero-order valence-electron chi connectivity index (χ0n) is 9.13. The van der Waals surface area contributed by atoms with Gasteiger partial charge in [-0.25, -0.2) is 0 Å². The number of rotatable bonds is 5. The standard InChI is InChI=1S/C10H14Cl3NO3/c11-10(12,13)9(14)17-5-3-1-2-4-8-15-6-7-16-8/h1,3,8,14H,2,4-7H2/b3-1+,14-9?. The number of hydrogen-bond donors (Lipinski definition) is 1. The van der Waals surface area contributed by atoms with Crippen LogP contribution in [0.2, 0.25) is 0 Å². The van der Waals surface area contributed by atoms with Gasteiger partial charge in [-0.15, -0.1) is 0 Å². The largest absolute Gasteiger partial charge is 0.474 e. The van der Waals surface area contributed by atoms with Crippen LogP contribution in [0.3, 0.4) is 0 Å². The summed E-state index contributed by atoms with van der Waals surface area (Å²) < 4.78 is 13.7. The second kappa shape index (κ2) is 7.44. The highest BCUT2D eigenvalue weighted by atomic mass is 35.6. The highest BCUT2D eigenvalue weighted by Gasteiger charge is 2.28. The summed E-state index contributed by atoms with van der Waals surface area (Å²) in [6, 6.07) is 0. The molecule has 4 nitrogen and oxygen atoms in total. The average Bonchev–Trinajstić information content (AvgIpc) is 2.74. The molecule has 0 spiro atoms. The molecule has 1 rings (SSSR count). The van der Waals surface area contributed by atoms with Crippen molar-refractivity contribution in [3.63, 3.8) is 0 Å². The second-order valence-corrected chi connectivity index (χ2v) is 5.64. The van der Waals surface area contributed by atoms with Gasteiger partial charge in [0.05, 0.1) is 13.2 Å². The van der Waals surface area contributed by atoms with Gasteiger partial charge in [0.2, 0.25) is 5.90 Å². The lowest BCUT2D eigenvalue weighted by Gasteiger charge is -2.11. The Morgan fingerprint density at radius 3 is 2.53 bits per heavy atom. The van der Waals surface area contributed by atoms with Crippen LogP contribution in [0.1, 0.15) is 12.8 Å². The zero-order valence-corrected chi connectivity index (χ0v) is 11.4. The fourth-order valence-electron chi connectivity index (χ4n) is 1.21. The normalized spacial score (nSPS) is 17.8. The lowest BCUT2D eigenvalue weighted by molar-refractivity contribution is -0.0457. The second-order valence-electron chi connectivity index (χ2n) is 3.36. The molecule has 1 fully saturated rings. The van der Waals surface area contributed by atoms with Gasteiger partial charge in [0.25, 0.3) is 3.79 Å². The van der Waals surface area contributed by atoms with E-state index in [2.05, 4.69) is 0 Å². The summed E-state index contributed by atoms with van der Waals surface area (Å²) in [6.07, 6.45) is 5.20. The Bertz CT molecular complexity index is 272. The first-order chi connectivity index (χ1) is 8.00. The molecule has 0 atom stereocenters. The van der Waals surface area contributed by atoms with Gasteiger partial charge in [0.15, 0.2) is 6.29 Å². The Hall–Kier alpha value is -0.000000000000000111. The first-order valence-corrected chi connectivity index (χ1v) is 6.30. The van der Waals surface area contributed by atoms with Crippen molar-refractivity contribution in [3.05, 3.63) is 12.2 Å².